The second kappa shape index (κ2) is 5.73. The van der Waals surface area contributed by atoms with Crippen LogP contribution in [0.3, 0.4) is 0 Å². The smallest absolute Gasteiger partial charge is 0.231 e. The van der Waals surface area contributed by atoms with E-state index in [1.54, 1.807) is 0 Å². The van der Waals surface area contributed by atoms with Gasteiger partial charge in [-0.3, -0.25) is 0 Å². The van der Waals surface area contributed by atoms with Crippen LogP contribution in [-0.4, -0.2) is 11.8 Å². The summed E-state index contributed by atoms with van der Waals surface area (Å²) in [5.41, 5.74) is 6.28. The van der Waals surface area contributed by atoms with Crippen LogP contribution in [-0.2, 0) is 0 Å². The Bertz CT molecular complexity index is 1230. The highest BCUT2D eigenvalue weighted by Crippen LogP contribution is 2.47. The van der Waals surface area contributed by atoms with E-state index in [-0.39, 0.29) is 12.9 Å². The highest BCUT2D eigenvalue weighted by atomic mass is 16.7. The predicted molar refractivity (Wildman–Crippen MR) is 107 cm³/mol. The Morgan fingerprint density at radius 1 is 0.857 bits per heavy atom. The Kier molecular flexibility index (Phi) is 3.18. The van der Waals surface area contributed by atoms with Gasteiger partial charge >= 0.3 is 0 Å². The number of fused-ring (bicyclic) bond motifs is 5. The number of hydrogen-bond donors (Lipinski definition) is 0. The summed E-state index contributed by atoms with van der Waals surface area (Å²) in [6, 6.07) is 22.4. The zero-order valence-electron chi connectivity index (χ0n) is 15.3. The van der Waals surface area contributed by atoms with E-state index in [0.717, 1.165) is 56.1 Å². The zero-order chi connectivity index (χ0) is 18.7. The minimum absolute atomic E-state index is 0.201. The van der Waals surface area contributed by atoms with Crippen molar-refractivity contribution >= 4 is 10.9 Å². The first-order valence-electron chi connectivity index (χ1n) is 9.34. The van der Waals surface area contributed by atoms with Crippen molar-refractivity contribution in [2.45, 2.75) is 13.0 Å². The molecule has 4 aromatic rings. The summed E-state index contributed by atoms with van der Waals surface area (Å²) in [5.74, 6) is 2.38. The number of para-hydroxylation sites is 1. The molecule has 0 amide bonds. The zero-order valence-corrected chi connectivity index (χ0v) is 15.3. The Hall–Kier alpha value is -3.53. The highest BCUT2D eigenvalue weighted by molar-refractivity contribution is 5.91. The Morgan fingerprint density at radius 2 is 1.61 bits per heavy atom. The lowest BCUT2D eigenvalue weighted by Crippen LogP contribution is -2.18. The molecule has 0 saturated heterocycles. The van der Waals surface area contributed by atoms with E-state index in [1.807, 2.05) is 48.5 Å². The first-order valence-corrected chi connectivity index (χ1v) is 9.34. The molecule has 4 heteroatoms. The molecule has 1 atom stereocenters. The number of ether oxygens (including phenoxy) is 3. The fraction of sp³-hybridized carbons (Fsp3) is 0.125. The van der Waals surface area contributed by atoms with E-state index in [9.17, 15) is 0 Å². The van der Waals surface area contributed by atoms with Crippen LogP contribution in [0.2, 0.25) is 0 Å². The molecule has 1 aromatic heterocycles. The molecule has 0 saturated carbocycles. The van der Waals surface area contributed by atoms with Gasteiger partial charge in [-0.25, -0.2) is 4.98 Å². The molecular formula is C24H17NO3. The van der Waals surface area contributed by atoms with Crippen LogP contribution in [0.4, 0.5) is 0 Å². The van der Waals surface area contributed by atoms with E-state index >= 15 is 0 Å². The van der Waals surface area contributed by atoms with Gasteiger partial charge in [-0.05, 0) is 36.2 Å². The highest BCUT2D eigenvalue weighted by Gasteiger charge is 2.31. The van der Waals surface area contributed by atoms with Crippen molar-refractivity contribution in [2.75, 3.05) is 6.79 Å². The van der Waals surface area contributed by atoms with Gasteiger partial charge in [0.25, 0.3) is 0 Å². The lowest BCUT2D eigenvalue weighted by atomic mass is 9.88. The van der Waals surface area contributed by atoms with Crippen LogP contribution in [0, 0.1) is 6.92 Å². The first-order chi connectivity index (χ1) is 13.8. The number of hydrogen-bond acceptors (Lipinski definition) is 4. The molecule has 0 bridgehead atoms. The Morgan fingerprint density at radius 3 is 2.46 bits per heavy atom. The lowest BCUT2D eigenvalue weighted by molar-refractivity contribution is 0.174. The summed E-state index contributed by atoms with van der Waals surface area (Å²) >= 11 is 0. The van der Waals surface area contributed by atoms with Gasteiger partial charge < -0.3 is 14.2 Å². The van der Waals surface area contributed by atoms with E-state index in [2.05, 4.69) is 25.1 Å². The molecule has 0 spiro atoms. The Labute approximate surface area is 162 Å². The van der Waals surface area contributed by atoms with Crippen LogP contribution < -0.4 is 14.2 Å². The fourth-order valence-electron chi connectivity index (χ4n) is 4.17. The van der Waals surface area contributed by atoms with Crippen LogP contribution in [0.5, 0.6) is 17.2 Å². The van der Waals surface area contributed by atoms with Crippen molar-refractivity contribution in [3.8, 4) is 28.5 Å². The van der Waals surface area contributed by atoms with Crippen LogP contribution in [0.25, 0.3) is 22.2 Å². The lowest BCUT2D eigenvalue weighted by Gasteiger charge is -2.30. The number of aryl methyl sites for hydroxylation is 1. The second-order valence-electron chi connectivity index (χ2n) is 7.13. The monoisotopic (exact) mass is 367 g/mol. The maximum Gasteiger partial charge on any atom is 0.231 e. The molecule has 3 heterocycles. The molecule has 2 aliphatic heterocycles. The topological polar surface area (TPSA) is 40.6 Å². The molecule has 0 radical (unpaired) electrons. The van der Waals surface area contributed by atoms with Crippen molar-refractivity contribution in [1.82, 2.24) is 4.98 Å². The molecule has 6 rings (SSSR count). The van der Waals surface area contributed by atoms with Gasteiger partial charge in [0.2, 0.25) is 6.79 Å². The third kappa shape index (κ3) is 2.15. The van der Waals surface area contributed by atoms with Crippen LogP contribution in [0.1, 0.15) is 22.8 Å². The van der Waals surface area contributed by atoms with Crippen molar-refractivity contribution in [1.29, 1.82) is 0 Å². The first kappa shape index (κ1) is 15.5. The molecule has 0 fully saturated rings. The van der Waals surface area contributed by atoms with Gasteiger partial charge in [0.05, 0.1) is 11.2 Å². The normalized spacial score (nSPS) is 16.4. The van der Waals surface area contributed by atoms with Gasteiger partial charge in [-0.1, -0.05) is 42.5 Å². The Balaban J connectivity index is 1.69. The van der Waals surface area contributed by atoms with Gasteiger partial charge in [-0.15, -0.1) is 0 Å². The molecule has 0 N–H and O–H groups in total. The number of rotatable bonds is 1. The standard InChI is InChI=1S/C24H17NO3/c1-14-17-11-20-21(27-13-26-20)12-18(17)25-23-16-9-5-6-10-19(16)28-24(22(14)23)15-7-3-2-4-8-15/h2-12,24H,13H2,1H3/t24-/m1/s1. The summed E-state index contributed by atoms with van der Waals surface area (Å²) in [6.07, 6.45) is -0.201. The number of aromatic nitrogens is 1. The largest absolute Gasteiger partial charge is 0.480 e. The number of benzene rings is 3. The predicted octanol–water partition coefficient (Wildman–Crippen LogP) is 5.42. The summed E-state index contributed by atoms with van der Waals surface area (Å²) in [5, 5.41) is 1.06. The van der Waals surface area contributed by atoms with Gasteiger partial charge in [0.15, 0.2) is 17.6 Å². The second-order valence-corrected chi connectivity index (χ2v) is 7.13. The molecular weight excluding hydrogens is 350 g/mol. The molecule has 0 aliphatic carbocycles. The maximum atomic E-state index is 6.47. The van der Waals surface area contributed by atoms with Crippen molar-refractivity contribution in [3.05, 3.63) is 83.4 Å². The van der Waals surface area contributed by atoms with Crippen LogP contribution >= 0.6 is 0 Å². The minimum Gasteiger partial charge on any atom is -0.480 e. The van der Waals surface area contributed by atoms with Crippen molar-refractivity contribution < 1.29 is 14.2 Å². The summed E-state index contributed by atoms with van der Waals surface area (Å²) in [4.78, 5) is 5.06. The summed E-state index contributed by atoms with van der Waals surface area (Å²) < 4.78 is 17.6. The third-order valence-electron chi connectivity index (χ3n) is 5.54. The van der Waals surface area contributed by atoms with E-state index in [0.29, 0.717) is 0 Å². The number of nitrogens with zero attached hydrogens (tertiary/aromatic N) is 1. The maximum absolute atomic E-state index is 6.47. The summed E-state index contributed by atoms with van der Waals surface area (Å²) in [7, 11) is 0. The molecule has 136 valence electrons. The van der Waals surface area contributed by atoms with E-state index < -0.39 is 0 Å². The molecule has 3 aromatic carbocycles. The third-order valence-corrected chi connectivity index (χ3v) is 5.54. The van der Waals surface area contributed by atoms with Crippen molar-refractivity contribution in [3.63, 3.8) is 0 Å². The summed E-state index contributed by atoms with van der Waals surface area (Å²) in [6.45, 7) is 2.39. The number of pyridine rings is 1. The van der Waals surface area contributed by atoms with E-state index in [1.165, 1.54) is 0 Å². The minimum atomic E-state index is -0.201. The SMILES string of the molecule is Cc1c2c(nc3cc4c(cc13)OCO4)-c1ccccc1O[C@@H]2c1ccccc1. The van der Waals surface area contributed by atoms with Gasteiger partial charge in [0, 0.05) is 22.6 Å². The average Bonchev–Trinajstić information content (AvgIpc) is 3.20. The quantitative estimate of drug-likeness (QED) is 0.450. The van der Waals surface area contributed by atoms with E-state index in [4.69, 9.17) is 19.2 Å². The van der Waals surface area contributed by atoms with Gasteiger partial charge in [0.1, 0.15) is 5.75 Å². The molecule has 28 heavy (non-hydrogen) atoms. The molecule has 0 unspecified atom stereocenters. The van der Waals surface area contributed by atoms with Crippen molar-refractivity contribution in [2.24, 2.45) is 0 Å². The molecule has 4 nitrogen and oxygen atoms in total. The fourth-order valence-corrected chi connectivity index (χ4v) is 4.17. The van der Waals surface area contributed by atoms with Gasteiger partial charge in [-0.2, -0.15) is 0 Å². The average molecular weight is 367 g/mol. The van der Waals surface area contributed by atoms with Crippen LogP contribution in [0.15, 0.2) is 66.7 Å². The molecule has 2 aliphatic rings.